The molecule has 35 heavy (non-hydrogen) atoms. The molecule has 0 unspecified atom stereocenters. The number of ether oxygens (including phenoxy) is 1. The average molecular weight is 477 g/mol. The number of amides is 2. The molecule has 0 bridgehead atoms. The molecule has 0 heterocycles. The predicted octanol–water partition coefficient (Wildman–Crippen LogP) is 4.26. The second-order valence-corrected chi connectivity index (χ2v) is 10.1. The van der Waals surface area contributed by atoms with E-state index >= 15 is 0 Å². The van der Waals surface area contributed by atoms with Crippen LogP contribution in [-0.2, 0) is 14.3 Å². The van der Waals surface area contributed by atoms with Gasteiger partial charge >= 0.3 is 12.1 Å². The summed E-state index contributed by atoms with van der Waals surface area (Å²) in [5.41, 5.74) is 4.69. The summed E-state index contributed by atoms with van der Waals surface area (Å²) < 4.78 is 5.63. The number of nitrogens with one attached hydrogen (secondary N) is 1. The zero-order valence-corrected chi connectivity index (χ0v) is 19.8. The van der Waals surface area contributed by atoms with Crippen molar-refractivity contribution in [1.29, 1.82) is 0 Å². The van der Waals surface area contributed by atoms with E-state index in [9.17, 15) is 19.5 Å². The molecule has 2 atom stereocenters. The molecule has 0 aromatic heterocycles. The van der Waals surface area contributed by atoms with Gasteiger partial charge in [0.15, 0.2) is 0 Å². The van der Waals surface area contributed by atoms with E-state index in [1.807, 2.05) is 24.3 Å². The number of carboxylic acids is 1. The van der Waals surface area contributed by atoms with Crippen molar-refractivity contribution < 1.29 is 24.2 Å². The Morgan fingerprint density at radius 2 is 1.60 bits per heavy atom. The first kappa shape index (κ1) is 23.4. The Balaban J connectivity index is 1.16. The molecule has 5 rings (SSSR count). The molecule has 2 aromatic rings. The number of hydrogen-bond acceptors (Lipinski definition) is 4. The Morgan fingerprint density at radius 3 is 2.23 bits per heavy atom. The lowest BCUT2D eigenvalue weighted by atomic mass is 9.94. The van der Waals surface area contributed by atoms with Crippen LogP contribution in [0.5, 0.6) is 0 Å². The van der Waals surface area contributed by atoms with E-state index in [4.69, 9.17) is 4.74 Å². The molecular weight excluding hydrogens is 444 g/mol. The number of carbonyl (C=O) groups excluding carboxylic acids is 2. The van der Waals surface area contributed by atoms with Crippen LogP contribution < -0.4 is 5.32 Å². The third-order valence-corrected chi connectivity index (χ3v) is 7.64. The van der Waals surface area contributed by atoms with Gasteiger partial charge in [0.05, 0.1) is 0 Å². The van der Waals surface area contributed by atoms with E-state index in [-0.39, 0.29) is 36.8 Å². The maximum absolute atomic E-state index is 13.2. The number of carbonyl (C=O) groups is 3. The van der Waals surface area contributed by atoms with Crippen molar-refractivity contribution in [2.45, 2.75) is 38.0 Å². The largest absolute Gasteiger partial charge is 0.480 e. The van der Waals surface area contributed by atoms with E-state index in [1.165, 1.54) is 16.0 Å². The van der Waals surface area contributed by atoms with Crippen molar-refractivity contribution in [2.75, 3.05) is 26.2 Å². The fourth-order valence-corrected chi connectivity index (χ4v) is 5.71. The zero-order chi connectivity index (χ0) is 24.4. The molecular formula is C28H32N2O5. The minimum Gasteiger partial charge on any atom is -0.480 e. The molecule has 0 saturated heterocycles. The minimum absolute atomic E-state index is 0.000887. The number of rotatable bonds is 9. The number of carboxylic acid groups (broad SMARTS) is 1. The highest BCUT2D eigenvalue weighted by Crippen LogP contribution is 2.44. The summed E-state index contributed by atoms with van der Waals surface area (Å²) >= 11 is 0. The van der Waals surface area contributed by atoms with Crippen molar-refractivity contribution in [3.8, 4) is 11.1 Å². The van der Waals surface area contributed by atoms with Crippen LogP contribution in [0.2, 0.25) is 0 Å². The molecule has 2 N–H and O–H groups in total. The van der Waals surface area contributed by atoms with Crippen LogP contribution in [0.4, 0.5) is 4.79 Å². The molecule has 2 amide bonds. The molecule has 7 heteroatoms. The number of aliphatic carboxylic acids is 1. The number of benzene rings is 2. The van der Waals surface area contributed by atoms with Gasteiger partial charge in [-0.2, -0.15) is 0 Å². The second-order valence-electron chi connectivity index (χ2n) is 10.1. The van der Waals surface area contributed by atoms with Gasteiger partial charge in [-0.05, 0) is 59.8 Å². The van der Waals surface area contributed by atoms with Crippen molar-refractivity contribution >= 4 is 18.0 Å². The van der Waals surface area contributed by atoms with Crippen LogP contribution in [0.1, 0.15) is 49.1 Å². The predicted molar refractivity (Wildman–Crippen MR) is 131 cm³/mol. The van der Waals surface area contributed by atoms with Gasteiger partial charge in [-0.3, -0.25) is 9.59 Å². The number of hydrogen-bond donors (Lipinski definition) is 2. The molecule has 0 spiro atoms. The fourth-order valence-electron chi connectivity index (χ4n) is 5.71. The topological polar surface area (TPSA) is 95.9 Å². The van der Waals surface area contributed by atoms with Crippen LogP contribution in [0.15, 0.2) is 48.5 Å². The van der Waals surface area contributed by atoms with Crippen LogP contribution in [0.3, 0.4) is 0 Å². The smallest absolute Gasteiger partial charge is 0.407 e. The van der Waals surface area contributed by atoms with Gasteiger partial charge in [0, 0.05) is 24.9 Å². The summed E-state index contributed by atoms with van der Waals surface area (Å²) in [6.07, 6.45) is 4.10. The normalized spacial score (nSPS) is 20.7. The number of alkyl carbamates (subject to hydrolysis) is 1. The van der Waals surface area contributed by atoms with Crippen molar-refractivity contribution in [1.82, 2.24) is 10.2 Å². The Morgan fingerprint density at radius 1 is 0.943 bits per heavy atom. The molecule has 2 fully saturated rings. The van der Waals surface area contributed by atoms with Gasteiger partial charge < -0.3 is 20.1 Å². The summed E-state index contributed by atoms with van der Waals surface area (Å²) in [5.74, 6) is -0.889. The lowest BCUT2D eigenvalue weighted by Gasteiger charge is -2.27. The Hall–Kier alpha value is -3.35. The molecule has 0 radical (unpaired) electrons. The van der Waals surface area contributed by atoms with Gasteiger partial charge in [0.25, 0.3) is 0 Å². The van der Waals surface area contributed by atoms with Crippen molar-refractivity contribution in [2.24, 2.45) is 17.8 Å². The van der Waals surface area contributed by atoms with E-state index in [2.05, 4.69) is 29.6 Å². The number of nitrogens with zero attached hydrogens (tertiary/aromatic N) is 1. The van der Waals surface area contributed by atoms with E-state index in [0.29, 0.717) is 19.0 Å². The van der Waals surface area contributed by atoms with Gasteiger partial charge in [-0.25, -0.2) is 4.79 Å². The first-order valence-corrected chi connectivity index (χ1v) is 12.6. The third kappa shape index (κ3) is 5.19. The molecule has 184 valence electrons. The molecule has 7 nitrogen and oxygen atoms in total. The number of fused-ring (bicyclic) bond motifs is 3. The summed E-state index contributed by atoms with van der Waals surface area (Å²) in [6, 6.07) is 16.4. The van der Waals surface area contributed by atoms with Crippen molar-refractivity contribution in [3.05, 3.63) is 59.7 Å². The van der Waals surface area contributed by atoms with E-state index in [1.54, 1.807) is 0 Å². The average Bonchev–Trinajstić information content (AvgIpc) is 3.45. The quantitative estimate of drug-likeness (QED) is 0.564. The lowest BCUT2D eigenvalue weighted by Crippen LogP contribution is -2.43. The first-order valence-electron chi connectivity index (χ1n) is 12.6. The van der Waals surface area contributed by atoms with Gasteiger partial charge in [-0.15, -0.1) is 0 Å². The standard InChI is InChI=1S/C28H32N2O5/c31-26(32)16-30(15-18-12-13-18)27(33)20-11-5-6-19(20)14-29-28(34)35-17-25-23-9-3-1-7-21(23)22-8-2-4-10-24(22)25/h1-4,7-10,18-20,25H,5-6,11-17H2,(H,29,34)(H,31,32)/t19-,20-/m0/s1. The summed E-state index contributed by atoms with van der Waals surface area (Å²) in [7, 11) is 0. The molecule has 2 aromatic carbocycles. The zero-order valence-electron chi connectivity index (χ0n) is 19.8. The van der Waals surface area contributed by atoms with Crippen LogP contribution in [0, 0.1) is 17.8 Å². The Bertz CT molecular complexity index is 1070. The molecule has 2 saturated carbocycles. The summed E-state index contributed by atoms with van der Waals surface area (Å²) in [4.78, 5) is 38.5. The van der Waals surface area contributed by atoms with Crippen LogP contribution in [-0.4, -0.2) is 54.2 Å². The van der Waals surface area contributed by atoms with Crippen LogP contribution >= 0.6 is 0 Å². The maximum Gasteiger partial charge on any atom is 0.407 e. The van der Waals surface area contributed by atoms with Crippen molar-refractivity contribution in [3.63, 3.8) is 0 Å². The molecule has 3 aliphatic carbocycles. The minimum atomic E-state index is -0.981. The highest BCUT2D eigenvalue weighted by molar-refractivity contribution is 5.84. The third-order valence-electron chi connectivity index (χ3n) is 7.64. The van der Waals surface area contributed by atoms with Gasteiger partial charge in [0.1, 0.15) is 13.2 Å². The fraction of sp³-hybridized carbons (Fsp3) is 0.464. The van der Waals surface area contributed by atoms with E-state index in [0.717, 1.165) is 43.2 Å². The van der Waals surface area contributed by atoms with Crippen LogP contribution in [0.25, 0.3) is 11.1 Å². The van der Waals surface area contributed by atoms with E-state index < -0.39 is 12.1 Å². The summed E-state index contributed by atoms with van der Waals surface area (Å²) in [5, 5.41) is 12.1. The Labute approximate surface area is 205 Å². The van der Waals surface area contributed by atoms with Gasteiger partial charge in [0.2, 0.25) is 5.91 Å². The SMILES string of the molecule is O=C(O)CN(CC1CC1)C(=O)[C@H]1CCC[C@H]1CNC(=O)OCC1c2ccccc2-c2ccccc21. The summed E-state index contributed by atoms with van der Waals surface area (Å²) in [6.45, 7) is 0.880. The molecule has 3 aliphatic rings. The second kappa shape index (κ2) is 10.1. The maximum atomic E-state index is 13.2. The molecule has 0 aliphatic heterocycles. The lowest BCUT2D eigenvalue weighted by molar-refractivity contribution is -0.147. The highest BCUT2D eigenvalue weighted by Gasteiger charge is 2.38. The monoisotopic (exact) mass is 476 g/mol. The van der Waals surface area contributed by atoms with Gasteiger partial charge in [-0.1, -0.05) is 55.0 Å². The first-order chi connectivity index (χ1) is 17.0. The highest BCUT2D eigenvalue weighted by atomic mass is 16.5. The Kier molecular flexibility index (Phi) is 6.75.